The molecule has 3 heteroatoms. The van der Waals surface area contributed by atoms with Crippen molar-refractivity contribution in [3.05, 3.63) is 23.7 Å². The Hall–Kier alpha value is -0.800. The SMILES string of the molecule is CNCc1occc1CN1CCC[C@H]2CCCC[C@H]21. The van der Waals surface area contributed by atoms with Crippen molar-refractivity contribution in [2.75, 3.05) is 13.6 Å². The van der Waals surface area contributed by atoms with E-state index in [2.05, 4.69) is 16.3 Å². The fraction of sp³-hybridized carbons (Fsp3) is 0.750. The molecule has 2 aliphatic rings. The van der Waals surface area contributed by atoms with Gasteiger partial charge in [0, 0.05) is 18.2 Å². The smallest absolute Gasteiger partial charge is 0.122 e. The Morgan fingerprint density at radius 1 is 1.26 bits per heavy atom. The molecule has 1 aromatic rings. The highest BCUT2D eigenvalue weighted by Gasteiger charge is 2.33. The van der Waals surface area contributed by atoms with Crippen LogP contribution in [0.5, 0.6) is 0 Å². The first kappa shape index (κ1) is 13.2. The average molecular weight is 262 g/mol. The van der Waals surface area contributed by atoms with Gasteiger partial charge in [-0.2, -0.15) is 0 Å². The van der Waals surface area contributed by atoms with Crippen LogP contribution in [0.1, 0.15) is 49.8 Å². The van der Waals surface area contributed by atoms with Crippen molar-refractivity contribution < 1.29 is 4.42 Å². The average Bonchev–Trinajstić information content (AvgIpc) is 2.87. The largest absolute Gasteiger partial charge is 0.468 e. The van der Waals surface area contributed by atoms with Crippen LogP contribution in [0.4, 0.5) is 0 Å². The maximum absolute atomic E-state index is 5.59. The van der Waals surface area contributed by atoms with E-state index < -0.39 is 0 Å². The highest BCUT2D eigenvalue weighted by molar-refractivity contribution is 5.17. The molecule has 0 amide bonds. The van der Waals surface area contributed by atoms with Gasteiger partial charge in [0.2, 0.25) is 0 Å². The van der Waals surface area contributed by atoms with Crippen LogP contribution in [0.2, 0.25) is 0 Å². The predicted octanol–water partition coefficient (Wildman–Crippen LogP) is 3.15. The fourth-order valence-corrected chi connectivity index (χ4v) is 3.97. The lowest BCUT2D eigenvalue weighted by atomic mass is 9.78. The van der Waals surface area contributed by atoms with Crippen molar-refractivity contribution in [2.24, 2.45) is 5.92 Å². The van der Waals surface area contributed by atoms with Gasteiger partial charge in [-0.15, -0.1) is 0 Å². The van der Waals surface area contributed by atoms with Gasteiger partial charge in [-0.3, -0.25) is 4.90 Å². The number of hydrogen-bond donors (Lipinski definition) is 1. The zero-order chi connectivity index (χ0) is 13.1. The minimum Gasteiger partial charge on any atom is -0.468 e. The number of rotatable bonds is 4. The van der Waals surface area contributed by atoms with E-state index in [0.29, 0.717) is 0 Å². The van der Waals surface area contributed by atoms with Crippen LogP contribution in [0.3, 0.4) is 0 Å². The predicted molar refractivity (Wildman–Crippen MR) is 76.9 cm³/mol. The van der Waals surface area contributed by atoms with E-state index in [1.807, 2.05) is 13.3 Å². The number of nitrogens with zero attached hydrogens (tertiary/aromatic N) is 1. The van der Waals surface area contributed by atoms with Crippen molar-refractivity contribution in [1.82, 2.24) is 10.2 Å². The van der Waals surface area contributed by atoms with Crippen LogP contribution in [-0.4, -0.2) is 24.5 Å². The standard InChI is InChI=1S/C16H26N2O/c1-17-11-16-14(8-10-19-16)12-18-9-4-6-13-5-2-3-7-15(13)18/h8,10,13,15,17H,2-7,9,11-12H2,1H3/t13-,15-/m1/s1. The normalized spacial score (nSPS) is 28.3. The van der Waals surface area contributed by atoms with Crippen molar-refractivity contribution >= 4 is 0 Å². The summed E-state index contributed by atoms with van der Waals surface area (Å²) in [7, 11) is 1.98. The monoisotopic (exact) mass is 262 g/mol. The Balaban J connectivity index is 1.69. The zero-order valence-electron chi connectivity index (χ0n) is 12.0. The number of nitrogens with one attached hydrogen (secondary N) is 1. The van der Waals surface area contributed by atoms with Gasteiger partial charge in [0.1, 0.15) is 5.76 Å². The topological polar surface area (TPSA) is 28.4 Å². The number of furan rings is 1. The lowest BCUT2D eigenvalue weighted by Gasteiger charge is -2.44. The maximum Gasteiger partial charge on any atom is 0.122 e. The number of likely N-dealkylation sites (tertiary alicyclic amines) is 1. The van der Waals surface area contributed by atoms with Gasteiger partial charge in [-0.25, -0.2) is 0 Å². The van der Waals surface area contributed by atoms with Gasteiger partial charge >= 0.3 is 0 Å². The molecule has 0 spiro atoms. The molecule has 3 rings (SSSR count). The van der Waals surface area contributed by atoms with Gasteiger partial charge in [0.15, 0.2) is 0 Å². The second-order valence-corrected chi connectivity index (χ2v) is 6.12. The summed E-state index contributed by atoms with van der Waals surface area (Å²) in [6.45, 7) is 3.18. The van der Waals surface area contributed by atoms with Crippen LogP contribution in [0, 0.1) is 5.92 Å². The molecule has 0 unspecified atom stereocenters. The van der Waals surface area contributed by atoms with Crippen LogP contribution in [-0.2, 0) is 13.1 Å². The molecule has 106 valence electrons. The quantitative estimate of drug-likeness (QED) is 0.903. The van der Waals surface area contributed by atoms with E-state index >= 15 is 0 Å². The van der Waals surface area contributed by atoms with E-state index in [9.17, 15) is 0 Å². The Morgan fingerprint density at radius 2 is 2.11 bits per heavy atom. The highest BCUT2D eigenvalue weighted by Crippen LogP contribution is 2.36. The summed E-state index contributed by atoms with van der Waals surface area (Å²) in [6.07, 6.45) is 10.4. The molecule has 19 heavy (non-hydrogen) atoms. The second-order valence-electron chi connectivity index (χ2n) is 6.12. The summed E-state index contributed by atoms with van der Waals surface area (Å²) < 4.78 is 5.59. The Bertz CT molecular complexity index is 399. The fourth-order valence-electron chi connectivity index (χ4n) is 3.97. The minimum absolute atomic E-state index is 0.833. The molecule has 0 aromatic carbocycles. The van der Waals surface area contributed by atoms with Gasteiger partial charge in [-0.05, 0) is 51.3 Å². The van der Waals surface area contributed by atoms with E-state index in [0.717, 1.165) is 30.8 Å². The molecule has 3 nitrogen and oxygen atoms in total. The molecule has 1 aliphatic heterocycles. The summed E-state index contributed by atoms with van der Waals surface area (Å²) >= 11 is 0. The molecule has 2 atom stereocenters. The van der Waals surface area contributed by atoms with Crippen molar-refractivity contribution in [3.63, 3.8) is 0 Å². The maximum atomic E-state index is 5.59. The van der Waals surface area contributed by atoms with E-state index in [4.69, 9.17) is 4.42 Å². The van der Waals surface area contributed by atoms with Crippen molar-refractivity contribution in [3.8, 4) is 0 Å². The van der Waals surface area contributed by atoms with Crippen LogP contribution in [0.15, 0.2) is 16.7 Å². The first-order chi connectivity index (χ1) is 9.38. The lowest BCUT2D eigenvalue weighted by molar-refractivity contribution is 0.0542. The molecular weight excluding hydrogens is 236 g/mol. The van der Waals surface area contributed by atoms with Crippen LogP contribution >= 0.6 is 0 Å². The molecule has 1 N–H and O–H groups in total. The third-order valence-corrected chi connectivity index (χ3v) is 4.91. The summed E-state index contributed by atoms with van der Waals surface area (Å²) in [5, 5.41) is 3.19. The molecule has 2 fully saturated rings. The van der Waals surface area contributed by atoms with Gasteiger partial charge in [0.25, 0.3) is 0 Å². The van der Waals surface area contributed by atoms with Gasteiger partial charge in [-0.1, -0.05) is 12.8 Å². The Kier molecular flexibility index (Phi) is 4.24. The number of hydrogen-bond acceptors (Lipinski definition) is 3. The summed E-state index contributed by atoms with van der Waals surface area (Å²) in [4.78, 5) is 2.72. The number of fused-ring (bicyclic) bond motifs is 1. The summed E-state index contributed by atoms with van der Waals surface area (Å²) in [5.41, 5.74) is 1.38. The molecule has 2 heterocycles. The molecule has 1 aromatic heterocycles. The van der Waals surface area contributed by atoms with Gasteiger partial charge in [0.05, 0.1) is 12.8 Å². The molecule has 1 saturated carbocycles. The van der Waals surface area contributed by atoms with Crippen LogP contribution in [0.25, 0.3) is 0 Å². The number of piperidine rings is 1. The molecule has 1 saturated heterocycles. The Morgan fingerprint density at radius 3 is 3.00 bits per heavy atom. The van der Waals surface area contributed by atoms with Crippen molar-refractivity contribution in [2.45, 2.75) is 57.7 Å². The lowest BCUT2D eigenvalue weighted by Crippen LogP contribution is -2.46. The third-order valence-electron chi connectivity index (χ3n) is 4.91. The van der Waals surface area contributed by atoms with Crippen molar-refractivity contribution in [1.29, 1.82) is 0 Å². The summed E-state index contributed by atoms with van der Waals surface area (Å²) in [5.74, 6) is 2.07. The zero-order valence-corrected chi connectivity index (χ0v) is 12.0. The molecule has 1 aliphatic carbocycles. The molecule has 0 radical (unpaired) electrons. The molecular formula is C16H26N2O. The summed E-state index contributed by atoms with van der Waals surface area (Å²) in [6, 6.07) is 2.99. The second kappa shape index (κ2) is 6.10. The van der Waals surface area contributed by atoms with E-state index in [1.54, 1.807) is 0 Å². The van der Waals surface area contributed by atoms with E-state index in [-0.39, 0.29) is 0 Å². The van der Waals surface area contributed by atoms with Gasteiger partial charge < -0.3 is 9.73 Å². The third kappa shape index (κ3) is 2.87. The first-order valence-corrected chi connectivity index (χ1v) is 7.82. The minimum atomic E-state index is 0.833. The highest BCUT2D eigenvalue weighted by atomic mass is 16.3. The van der Waals surface area contributed by atoms with E-state index in [1.165, 1.54) is 50.6 Å². The molecule has 0 bridgehead atoms. The van der Waals surface area contributed by atoms with Crippen LogP contribution < -0.4 is 5.32 Å². The Labute approximate surface area is 116 Å². The first-order valence-electron chi connectivity index (χ1n) is 7.82.